The lowest BCUT2D eigenvalue weighted by molar-refractivity contribution is 0.581. The molecule has 1 aromatic heterocycles. The third-order valence-electron chi connectivity index (χ3n) is 3.77. The molecule has 1 N–H and O–H groups in total. The van der Waals surface area contributed by atoms with Gasteiger partial charge in [0.25, 0.3) is 0 Å². The van der Waals surface area contributed by atoms with Crippen molar-refractivity contribution < 1.29 is 0 Å². The maximum absolute atomic E-state index is 6.21. The van der Waals surface area contributed by atoms with Crippen LogP contribution in [0.4, 0.5) is 0 Å². The number of nitrogens with one attached hydrogen (secondary N) is 1. The van der Waals surface area contributed by atoms with Crippen LogP contribution >= 0.6 is 11.6 Å². The summed E-state index contributed by atoms with van der Waals surface area (Å²) in [6.07, 6.45) is 7.63. The molecule has 1 heterocycles. The topological polar surface area (TPSA) is 29.9 Å². The molecule has 1 aromatic carbocycles. The lowest BCUT2D eigenvalue weighted by Gasteiger charge is -2.09. The van der Waals surface area contributed by atoms with E-state index < -0.39 is 0 Å². The van der Waals surface area contributed by atoms with Gasteiger partial charge in [0, 0.05) is 23.2 Å². The first-order chi connectivity index (χ1) is 9.74. The molecule has 1 aliphatic carbocycles. The normalized spacial score (nSPS) is 14.7. The van der Waals surface area contributed by atoms with E-state index in [4.69, 9.17) is 11.6 Å². The lowest BCUT2D eigenvalue weighted by atomic mass is 10.1. The molecule has 0 unspecified atom stereocenters. The largest absolute Gasteiger partial charge is 0.331 e. The van der Waals surface area contributed by atoms with Crippen molar-refractivity contribution in [2.45, 2.75) is 38.8 Å². The smallest absolute Gasteiger partial charge is 0.0950 e. The van der Waals surface area contributed by atoms with E-state index in [0.717, 1.165) is 47.4 Å². The Hall–Kier alpha value is -1.32. The second-order valence-corrected chi connectivity index (χ2v) is 5.93. The van der Waals surface area contributed by atoms with Gasteiger partial charge in [-0.2, -0.15) is 0 Å². The minimum atomic E-state index is 0.785. The molecule has 3 rings (SSSR count). The van der Waals surface area contributed by atoms with Crippen molar-refractivity contribution in [2.75, 3.05) is 6.54 Å². The number of aryl methyl sites for hydroxylation is 2. The van der Waals surface area contributed by atoms with E-state index in [0.29, 0.717) is 0 Å². The fourth-order valence-corrected chi connectivity index (χ4v) is 2.52. The Bertz CT molecular complexity index is 587. The third-order valence-corrected chi connectivity index (χ3v) is 4.17. The summed E-state index contributed by atoms with van der Waals surface area (Å²) < 4.78 is 2.20. The van der Waals surface area contributed by atoms with E-state index >= 15 is 0 Å². The molecule has 0 bridgehead atoms. The third kappa shape index (κ3) is 3.22. The van der Waals surface area contributed by atoms with E-state index in [9.17, 15) is 0 Å². The summed E-state index contributed by atoms with van der Waals surface area (Å²) in [6, 6.07) is 6.97. The highest BCUT2D eigenvalue weighted by atomic mass is 35.5. The Morgan fingerprint density at radius 1 is 1.40 bits per heavy atom. The predicted molar refractivity (Wildman–Crippen MR) is 83.1 cm³/mol. The molecule has 1 fully saturated rings. The first-order valence-corrected chi connectivity index (χ1v) is 7.62. The van der Waals surface area contributed by atoms with Crippen LogP contribution in [0.2, 0.25) is 5.02 Å². The molecule has 1 saturated carbocycles. The summed E-state index contributed by atoms with van der Waals surface area (Å²) in [4.78, 5) is 4.28. The molecule has 0 atom stereocenters. The fraction of sp³-hybridized carbons (Fsp3) is 0.438. The van der Waals surface area contributed by atoms with E-state index in [1.54, 1.807) is 0 Å². The number of halogens is 1. The minimum absolute atomic E-state index is 0.785. The van der Waals surface area contributed by atoms with Crippen LogP contribution in [0.15, 0.2) is 30.7 Å². The van der Waals surface area contributed by atoms with Crippen molar-refractivity contribution in [1.29, 1.82) is 0 Å². The van der Waals surface area contributed by atoms with Gasteiger partial charge in [-0.25, -0.2) is 4.98 Å². The first-order valence-electron chi connectivity index (χ1n) is 7.24. The number of aromatic nitrogens is 2. The highest BCUT2D eigenvalue weighted by Crippen LogP contribution is 2.25. The molecule has 0 saturated heterocycles. The highest BCUT2D eigenvalue weighted by molar-refractivity contribution is 6.31. The molecule has 0 radical (unpaired) electrons. The van der Waals surface area contributed by atoms with E-state index in [2.05, 4.69) is 27.0 Å². The zero-order valence-electron chi connectivity index (χ0n) is 11.8. The van der Waals surface area contributed by atoms with Crippen LogP contribution in [-0.4, -0.2) is 22.1 Å². The average molecular weight is 290 g/mol. The van der Waals surface area contributed by atoms with Gasteiger partial charge >= 0.3 is 0 Å². The number of benzene rings is 1. The number of nitrogens with zero attached hydrogens (tertiary/aromatic N) is 2. The Morgan fingerprint density at radius 3 is 3.00 bits per heavy atom. The summed E-state index contributed by atoms with van der Waals surface area (Å²) >= 11 is 6.21. The quantitative estimate of drug-likeness (QED) is 0.823. The van der Waals surface area contributed by atoms with Gasteiger partial charge in [-0.15, -0.1) is 0 Å². The fourth-order valence-electron chi connectivity index (χ4n) is 2.33. The van der Waals surface area contributed by atoms with E-state index in [1.165, 1.54) is 12.8 Å². The van der Waals surface area contributed by atoms with Crippen molar-refractivity contribution in [3.63, 3.8) is 0 Å². The Morgan fingerprint density at radius 2 is 2.25 bits per heavy atom. The molecule has 0 spiro atoms. The molecular weight excluding hydrogens is 270 g/mol. The monoisotopic (exact) mass is 289 g/mol. The predicted octanol–water partition coefficient (Wildman–Crippen LogP) is 3.65. The van der Waals surface area contributed by atoms with Gasteiger partial charge < -0.3 is 9.88 Å². The van der Waals surface area contributed by atoms with Gasteiger partial charge in [0.1, 0.15) is 0 Å². The second-order valence-electron chi connectivity index (χ2n) is 5.52. The first kappa shape index (κ1) is 13.7. The molecule has 4 heteroatoms. The van der Waals surface area contributed by atoms with Crippen LogP contribution < -0.4 is 5.32 Å². The number of hydrogen-bond donors (Lipinski definition) is 1. The van der Waals surface area contributed by atoms with Gasteiger partial charge in [-0.3, -0.25) is 0 Å². The number of imidazole rings is 1. The van der Waals surface area contributed by atoms with Crippen LogP contribution in [0.3, 0.4) is 0 Å². The van der Waals surface area contributed by atoms with Gasteiger partial charge in [0.15, 0.2) is 0 Å². The summed E-state index contributed by atoms with van der Waals surface area (Å²) in [5.41, 5.74) is 3.38. The van der Waals surface area contributed by atoms with Gasteiger partial charge in [0.2, 0.25) is 0 Å². The molecule has 3 nitrogen and oxygen atoms in total. The summed E-state index contributed by atoms with van der Waals surface area (Å²) in [7, 11) is 0. The van der Waals surface area contributed by atoms with Gasteiger partial charge in [0.05, 0.1) is 18.2 Å². The van der Waals surface area contributed by atoms with Crippen LogP contribution in [0, 0.1) is 6.92 Å². The average Bonchev–Trinajstić information content (AvgIpc) is 3.15. The lowest BCUT2D eigenvalue weighted by Crippen LogP contribution is -2.18. The van der Waals surface area contributed by atoms with Crippen molar-refractivity contribution in [2.24, 2.45) is 0 Å². The Balaban J connectivity index is 1.66. The molecular formula is C16H20ClN3. The molecule has 0 amide bonds. The summed E-state index contributed by atoms with van der Waals surface area (Å²) in [5.74, 6) is 0. The van der Waals surface area contributed by atoms with Crippen LogP contribution in [-0.2, 0) is 6.54 Å². The number of hydrogen-bond acceptors (Lipinski definition) is 2. The van der Waals surface area contributed by atoms with Crippen LogP contribution in [0.25, 0.3) is 11.3 Å². The molecule has 20 heavy (non-hydrogen) atoms. The number of rotatable bonds is 6. The maximum Gasteiger partial charge on any atom is 0.0950 e. The van der Waals surface area contributed by atoms with Crippen molar-refractivity contribution in [3.8, 4) is 11.3 Å². The molecule has 1 aliphatic rings. The van der Waals surface area contributed by atoms with Crippen molar-refractivity contribution >= 4 is 11.6 Å². The Kier molecular flexibility index (Phi) is 4.08. The maximum atomic E-state index is 6.21. The minimum Gasteiger partial charge on any atom is -0.331 e. The van der Waals surface area contributed by atoms with Crippen LogP contribution in [0.1, 0.15) is 24.8 Å². The standard InChI is InChI=1S/C16H20ClN3/c1-12-3-4-13(9-15(12)17)16-10-18-11-20(16)8-2-7-19-14-5-6-14/h3-4,9-11,14,19H,2,5-8H2,1H3. The molecule has 106 valence electrons. The SMILES string of the molecule is Cc1ccc(-c2cncn2CCCNC2CC2)cc1Cl. The zero-order valence-corrected chi connectivity index (χ0v) is 12.5. The zero-order chi connectivity index (χ0) is 13.9. The highest BCUT2D eigenvalue weighted by Gasteiger charge is 2.19. The van der Waals surface area contributed by atoms with Gasteiger partial charge in [-0.05, 0) is 44.4 Å². The summed E-state index contributed by atoms with van der Waals surface area (Å²) in [5, 5.41) is 4.35. The van der Waals surface area contributed by atoms with Gasteiger partial charge in [-0.1, -0.05) is 23.7 Å². The second kappa shape index (κ2) is 5.98. The van der Waals surface area contributed by atoms with E-state index in [1.807, 2.05) is 25.5 Å². The molecule has 2 aromatic rings. The van der Waals surface area contributed by atoms with Crippen LogP contribution in [0.5, 0.6) is 0 Å². The molecule has 0 aliphatic heterocycles. The Labute approximate surface area is 125 Å². The van der Waals surface area contributed by atoms with Crippen molar-refractivity contribution in [1.82, 2.24) is 14.9 Å². The van der Waals surface area contributed by atoms with E-state index in [-0.39, 0.29) is 0 Å². The summed E-state index contributed by atoms with van der Waals surface area (Å²) in [6.45, 7) is 4.09. The van der Waals surface area contributed by atoms with Crippen molar-refractivity contribution in [3.05, 3.63) is 41.3 Å².